The lowest BCUT2D eigenvalue weighted by atomic mass is 9.73. The van der Waals surface area contributed by atoms with E-state index in [1.165, 1.54) is 5.56 Å². The van der Waals surface area contributed by atoms with Crippen LogP contribution in [0.5, 0.6) is 11.5 Å². The van der Waals surface area contributed by atoms with Gasteiger partial charge in [-0.1, -0.05) is 31.2 Å². The van der Waals surface area contributed by atoms with E-state index < -0.39 is 11.9 Å². The third-order valence-corrected chi connectivity index (χ3v) is 5.58. The molecule has 0 N–H and O–H groups in total. The lowest BCUT2D eigenvalue weighted by Crippen LogP contribution is -2.34. The molecule has 5 nitrogen and oxygen atoms in total. The van der Waals surface area contributed by atoms with E-state index in [2.05, 4.69) is 6.92 Å². The molecule has 158 valence electrons. The van der Waals surface area contributed by atoms with Crippen LogP contribution in [0.2, 0.25) is 0 Å². The minimum atomic E-state index is -0.842. The van der Waals surface area contributed by atoms with Gasteiger partial charge in [0.05, 0.1) is 20.8 Å². The van der Waals surface area contributed by atoms with Crippen LogP contribution in [0.3, 0.4) is 0 Å². The molecule has 0 amide bonds. The Morgan fingerprint density at radius 2 is 1.77 bits per heavy atom. The highest BCUT2D eigenvalue weighted by atomic mass is 16.5. The molecule has 0 heterocycles. The number of benzene rings is 2. The van der Waals surface area contributed by atoms with E-state index in [-0.39, 0.29) is 18.3 Å². The van der Waals surface area contributed by atoms with E-state index in [0.29, 0.717) is 17.9 Å². The summed E-state index contributed by atoms with van der Waals surface area (Å²) in [6.45, 7) is 4.09. The molecule has 0 aliphatic heterocycles. The van der Waals surface area contributed by atoms with Gasteiger partial charge in [-0.3, -0.25) is 9.59 Å². The first kappa shape index (κ1) is 21.6. The standard InChI is InChI=1S/C25H28O5/c1-5-16-7-9-17(10-8-16)21-13-18(14-22(26)24(21)25(27)30-6-2)20-12-11-19(28-3)15-23(20)29-4/h7-12,14-15,21,24H,5-6,13H2,1-4H3. The molecule has 0 aromatic heterocycles. The number of methoxy groups -OCH3 is 2. The second kappa shape index (κ2) is 9.61. The predicted octanol–water partition coefficient (Wildman–Crippen LogP) is 4.59. The molecular formula is C25H28O5. The van der Waals surface area contributed by atoms with Crippen molar-refractivity contribution in [3.05, 3.63) is 65.2 Å². The molecule has 0 saturated carbocycles. The molecular weight excluding hydrogens is 380 g/mol. The maximum Gasteiger partial charge on any atom is 0.317 e. The second-order valence-electron chi connectivity index (χ2n) is 7.27. The van der Waals surface area contributed by atoms with Crippen LogP contribution in [0.15, 0.2) is 48.5 Å². The highest BCUT2D eigenvalue weighted by Crippen LogP contribution is 2.43. The zero-order valence-corrected chi connectivity index (χ0v) is 17.9. The van der Waals surface area contributed by atoms with Crippen molar-refractivity contribution in [1.82, 2.24) is 0 Å². The number of carbonyl (C=O) groups is 2. The Kier molecular flexibility index (Phi) is 6.93. The summed E-state index contributed by atoms with van der Waals surface area (Å²) in [6, 6.07) is 13.6. The Morgan fingerprint density at radius 3 is 2.37 bits per heavy atom. The van der Waals surface area contributed by atoms with E-state index in [9.17, 15) is 9.59 Å². The van der Waals surface area contributed by atoms with Crippen molar-refractivity contribution >= 4 is 17.3 Å². The molecule has 2 aromatic rings. The SMILES string of the molecule is CCOC(=O)C1C(=O)C=C(c2ccc(OC)cc2OC)CC1c1ccc(CC)cc1. The molecule has 5 heteroatoms. The van der Waals surface area contributed by atoms with Crippen LogP contribution in [-0.4, -0.2) is 32.6 Å². The number of hydrogen-bond acceptors (Lipinski definition) is 5. The minimum absolute atomic E-state index is 0.239. The van der Waals surface area contributed by atoms with Crippen LogP contribution in [0.4, 0.5) is 0 Å². The maximum absolute atomic E-state index is 13.1. The van der Waals surface area contributed by atoms with Gasteiger partial charge in [0.15, 0.2) is 5.78 Å². The lowest BCUT2D eigenvalue weighted by Gasteiger charge is -2.30. The van der Waals surface area contributed by atoms with Crippen molar-refractivity contribution in [3.63, 3.8) is 0 Å². The fraction of sp³-hybridized carbons (Fsp3) is 0.360. The van der Waals surface area contributed by atoms with Crippen molar-refractivity contribution in [2.24, 2.45) is 5.92 Å². The first-order valence-electron chi connectivity index (χ1n) is 10.2. The molecule has 2 aromatic carbocycles. The molecule has 1 aliphatic carbocycles. The van der Waals surface area contributed by atoms with Gasteiger partial charge in [-0.2, -0.15) is 0 Å². The van der Waals surface area contributed by atoms with E-state index in [0.717, 1.165) is 23.1 Å². The third-order valence-electron chi connectivity index (χ3n) is 5.58. The molecule has 0 radical (unpaired) electrons. The monoisotopic (exact) mass is 408 g/mol. The summed E-state index contributed by atoms with van der Waals surface area (Å²) in [7, 11) is 3.18. The Bertz CT molecular complexity index is 943. The summed E-state index contributed by atoms with van der Waals surface area (Å²) in [5.41, 5.74) is 3.83. The summed E-state index contributed by atoms with van der Waals surface area (Å²) < 4.78 is 16.1. The van der Waals surface area contributed by atoms with E-state index in [1.807, 2.05) is 36.4 Å². The van der Waals surface area contributed by atoms with Gasteiger partial charge in [-0.15, -0.1) is 0 Å². The average molecular weight is 408 g/mol. The average Bonchev–Trinajstić information content (AvgIpc) is 2.78. The fourth-order valence-electron chi connectivity index (χ4n) is 3.95. The van der Waals surface area contributed by atoms with Crippen molar-refractivity contribution in [1.29, 1.82) is 0 Å². The van der Waals surface area contributed by atoms with Crippen LogP contribution in [0, 0.1) is 5.92 Å². The molecule has 0 bridgehead atoms. The number of ether oxygens (including phenoxy) is 3. The Balaban J connectivity index is 2.04. The smallest absolute Gasteiger partial charge is 0.317 e. The maximum atomic E-state index is 13.1. The van der Waals surface area contributed by atoms with E-state index in [1.54, 1.807) is 33.3 Å². The number of rotatable bonds is 7. The summed E-state index contributed by atoms with van der Waals surface area (Å²) in [5.74, 6) is -0.543. The van der Waals surface area contributed by atoms with E-state index >= 15 is 0 Å². The Labute approximate surface area is 177 Å². The zero-order chi connectivity index (χ0) is 21.7. The number of allylic oxidation sites excluding steroid dienone is 2. The number of esters is 1. The van der Waals surface area contributed by atoms with Crippen LogP contribution >= 0.6 is 0 Å². The van der Waals surface area contributed by atoms with Gasteiger partial charge in [0.25, 0.3) is 0 Å². The van der Waals surface area contributed by atoms with Gasteiger partial charge in [0.1, 0.15) is 17.4 Å². The highest BCUT2D eigenvalue weighted by molar-refractivity contribution is 6.11. The topological polar surface area (TPSA) is 61.8 Å². The predicted molar refractivity (Wildman–Crippen MR) is 116 cm³/mol. The lowest BCUT2D eigenvalue weighted by molar-refractivity contribution is -0.151. The van der Waals surface area contributed by atoms with Crippen molar-refractivity contribution in [2.75, 3.05) is 20.8 Å². The summed E-state index contributed by atoms with van der Waals surface area (Å²) in [5, 5.41) is 0. The molecule has 0 saturated heterocycles. The number of carbonyl (C=O) groups excluding carboxylic acids is 2. The Morgan fingerprint density at radius 1 is 1.03 bits per heavy atom. The van der Waals surface area contributed by atoms with Crippen LogP contribution < -0.4 is 9.47 Å². The fourth-order valence-corrected chi connectivity index (χ4v) is 3.95. The summed E-state index contributed by atoms with van der Waals surface area (Å²) in [6.07, 6.45) is 3.02. The zero-order valence-electron chi connectivity index (χ0n) is 17.9. The van der Waals surface area contributed by atoms with Gasteiger partial charge < -0.3 is 14.2 Å². The van der Waals surface area contributed by atoms with Crippen LogP contribution in [0.1, 0.15) is 42.9 Å². The van der Waals surface area contributed by atoms with Gasteiger partial charge >= 0.3 is 5.97 Å². The number of aryl methyl sites for hydroxylation is 1. The normalized spacial score (nSPS) is 18.5. The molecule has 3 rings (SSSR count). The molecule has 30 heavy (non-hydrogen) atoms. The molecule has 0 fully saturated rings. The van der Waals surface area contributed by atoms with Crippen LogP contribution in [-0.2, 0) is 20.7 Å². The van der Waals surface area contributed by atoms with Crippen molar-refractivity contribution in [3.8, 4) is 11.5 Å². The van der Waals surface area contributed by atoms with Crippen molar-refractivity contribution < 1.29 is 23.8 Å². The molecule has 0 spiro atoms. The van der Waals surface area contributed by atoms with Gasteiger partial charge in [0.2, 0.25) is 0 Å². The van der Waals surface area contributed by atoms with Gasteiger partial charge in [-0.05, 0) is 54.7 Å². The molecule has 2 unspecified atom stereocenters. The Hall–Kier alpha value is -3.08. The number of ketones is 1. The first-order chi connectivity index (χ1) is 14.5. The summed E-state index contributed by atoms with van der Waals surface area (Å²) in [4.78, 5) is 25.7. The van der Waals surface area contributed by atoms with Crippen molar-refractivity contribution in [2.45, 2.75) is 32.6 Å². The molecule has 2 atom stereocenters. The van der Waals surface area contributed by atoms with Crippen LogP contribution in [0.25, 0.3) is 5.57 Å². The molecule has 1 aliphatic rings. The van der Waals surface area contributed by atoms with Gasteiger partial charge in [0, 0.05) is 17.5 Å². The van der Waals surface area contributed by atoms with E-state index in [4.69, 9.17) is 14.2 Å². The first-order valence-corrected chi connectivity index (χ1v) is 10.2. The third kappa shape index (κ3) is 4.40. The van der Waals surface area contributed by atoms with Gasteiger partial charge in [-0.25, -0.2) is 0 Å². The number of hydrogen-bond donors (Lipinski definition) is 0. The highest BCUT2D eigenvalue weighted by Gasteiger charge is 2.40. The summed E-state index contributed by atoms with van der Waals surface area (Å²) >= 11 is 0. The minimum Gasteiger partial charge on any atom is -0.497 e. The second-order valence-corrected chi connectivity index (χ2v) is 7.27. The largest absolute Gasteiger partial charge is 0.497 e. The quantitative estimate of drug-likeness (QED) is 0.495.